The highest BCUT2D eigenvalue weighted by molar-refractivity contribution is 5.81. The van der Waals surface area contributed by atoms with Crippen LogP contribution in [0.25, 0.3) is 11.0 Å². The Labute approximate surface area is 143 Å². The van der Waals surface area contributed by atoms with E-state index in [0.717, 1.165) is 5.56 Å². The Morgan fingerprint density at radius 2 is 1.88 bits per heavy atom. The van der Waals surface area contributed by atoms with E-state index in [0.29, 0.717) is 31.0 Å². The number of fused-ring (bicyclic) bond motifs is 1. The van der Waals surface area contributed by atoms with E-state index in [9.17, 15) is 13.2 Å². The van der Waals surface area contributed by atoms with Crippen molar-refractivity contribution in [3.8, 4) is 5.75 Å². The zero-order chi connectivity index (χ0) is 17.9. The highest BCUT2D eigenvalue weighted by Gasteiger charge is 2.35. The fourth-order valence-electron chi connectivity index (χ4n) is 2.43. The summed E-state index contributed by atoms with van der Waals surface area (Å²) in [5.74, 6) is -0.683. The van der Waals surface area contributed by atoms with Crippen LogP contribution < -0.4 is 10.1 Å². The van der Waals surface area contributed by atoms with Crippen LogP contribution in [0.5, 0.6) is 5.75 Å². The molecule has 25 heavy (non-hydrogen) atoms. The first-order valence-electron chi connectivity index (χ1n) is 7.88. The topological polar surface area (TPSA) is 49.9 Å². The number of aromatic amines is 1. The average Bonchev–Trinajstić information content (AvgIpc) is 3.01. The largest absolute Gasteiger partial charge is 0.490 e. The Hall–Kier alpha value is -2.54. The van der Waals surface area contributed by atoms with Crippen LogP contribution in [0, 0.1) is 6.92 Å². The number of nitrogens with zero attached hydrogens (tertiary/aromatic N) is 1. The van der Waals surface area contributed by atoms with Gasteiger partial charge < -0.3 is 15.0 Å². The highest BCUT2D eigenvalue weighted by atomic mass is 19.4. The van der Waals surface area contributed by atoms with Gasteiger partial charge in [-0.3, -0.25) is 0 Å². The van der Waals surface area contributed by atoms with Crippen molar-refractivity contribution < 1.29 is 17.9 Å². The number of aromatic nitrogens is 2. The lowest BCUT2D eigenvalue weighted by atomic mass is 10.1. The third-order valence-corrected chi connectivity index (χ3v) is 3.73. The van der Waals surface area contributed by atoms with Crippen molar-refractivity contribution in [2.75, 3.05) is 13.2 Å². The molecule has 2 N–H and O–H groups in total. The van der Waals surface area contributed by atoms with E-state index in [1.807, 2.05) is 31.2 Å². The summed E-state index contributed by atoms with van der Waals surface area (Å²) in [4.78, 5) is 5.88. The molecule has 0 aliphatic heterocycles. The molecule has 0 radical (unpaired) electrons. The summed E-state index contributed by atoms with van der Waals surface area (Å²) < 4.78 is 43.8. The second kappa shape index (κ2) is 7.14. The molecular weight excluding hydrogens is 331 g/mol. The SMILES string of the molecule is Cc1ccc(CNCCOc2cccc3[nH]c(C(F)(F)F)nc23)cc1. The van der Waals surface area contributed by atoms with Crippen LogP contribution in [0.3, 0.4) is 0 Å². The van der Waals surface area contributed by atoms with Gasteiger partial charge in [0.25, 0.3) is 0 Å². The van der Waals surface area contributed by atoms with Crippen molar-refractivity contribution in [2.24, 2.45) is 0 Å². The molecule has 0 saturated heterocycles. The van der Waals surface area contributed by atoms with Crippen molar-refractivity contribution in [1.29, 1.82) is 0 Å². The smallest absolute Gasteiger partial charge is 0.449 e. The number of rotatable bonds is 6. The van der Waals surface area contributed by atoms with Crippen molar-refractivity contribution in [3.63, 3.8) is 0 Å². The van der Waals surface area contributed by atoms with E-state index in [1.165, 1.54) is 5.56 Å². The molecule has 0 aliphatic carbocycles. The summed E-state index contributed by atoms with van der Waals surface area (Å²) in [7, 11) is 0. The van der Waals surface area contributed by atoms with Gasteiger partial charge in [-0.1, -0.05) is 35.9 Å². The monoisotopic (exact) mass is 349 g/mol. The van der Waals surface area contributed by atoms with Gasteiger partial charge in [0, 0.05) is 13.1 Å². The van der Waals surface area contributed by atoms with Crippen molar-refractivity contribution >= 4 is 11.0 Å². The molecule has 0 unspecified atom stereocenters. The molecule has 132 valence electrons. The van der Waals surface area contributed by atoms with Gasteiger partial charge in [0.05, 0.1) is 5.52 Å². The first-order valence-corrected chi connectivity index (χ1v) is 7.88. The third kappa shape index (κ3) is 4.30. The number of alkyl halides is 3. The van der Waals surface area contributed by atoms with Gasteiger partial charge in [0.15, 0.2) is 0 Å². The number of H-pyrrole nitrogens is 1. The van der Waals surface area contributed by atoms with Crippen LogP contribution in [0.2, 0.25) is 0 Å². The predicted molar refractivity (Wildman–Crippen MR) is 89.5 cm³/mol. The van der Waals surface area contributed by atoms with Gasteiger partial charge in [0.1, 0.15) is 17.9 Å². The molecule has 3 aromatic rings. The summed E-state index contributed by atoms with van der Waals surface area (Å²) in [5.41, 5.74) is 2.86. The van der Waals surface area contributed by atoms with Gasteiger partial charge >= 0.3 is 6.18 Å². The highest BCUT2D eigenvalue weighted by Crippen LogP contribution is 2.31. The Balaban J connectivity index is 1.56. The van der Waals surface area contributed by atoms with Crippen LogP contribution in [0.15, 0.2) is 42.5 Å². The van der Waals surface area contributed by atoms with E-state index in [2.05, 4.69) is 15.3 Å². The fraction of sp³-hybridized carbons (Fsp3) is 0.278. The van der Waals surface area contributed by atoms with Crippen LogP contribution in [0.1, 0.15) is 17.0 Å². The van der Waals surface area contributed by atoms with Crippen LogP contribution in [-0.2, 0) is 12.7 Å². The number of benzene rings is 2. The molecule has 4 nitrogen and oxygen atoms in total. The second-order valence-corrected chi connectivity index (χ2v) is 5.75. The van der Waals surface area contributed by atoms with E-state index < -0.39 is 12.0 Å². The first-order chi connectivity index (χ1) is 11.9. The lowest BCUT2D eigenvalue weighted by Gasteiger charge is -2.08. The minimum Gasteiger partial charge on any atom is -0.490 e. The number of ether oxygens (including phenoxy) is 1. The predicted octanol–water partition coefficient (Wildman–Crippen LogP) is 4.06. The lowest BCUT2D eigenvalue weighted by Crippen LogP contribution is -2.20. The molecule has 7 heteroatoms. The van der Waals surface area contributed by atoms with Crippen LogP contribution in [0.4, 0.5) is 13.2 Å². The molecule has 1 heterocycles. The van der Waals surface area contributed by atoms with Gasteiger partial charge in [-0.2, -0.15) is 13.2 Å². The lowest BCUT2D eigenvalue weighted by molar-refractivity contribution is -0.144. The molecule has 0 spiro atoms. The summed E-state index contributed by atoms with van der Waals surface area (Å²) >= 11 is 0. The molecule has 0 amide bonds. The molecule has 2 aromatic carbocycles. The molecule has 0 bridgehead atoms. The zero-order valence-electron chi connectivity index (χ0n) is 13.7. The van der Waals surface area contributed by atoms with E-state index >= 15 is 0 Å². The number of aryl methyl sites for hydroxylation is 1. The molecule has 3 rings (SSSR count). The van der Waals surface area contributed by atoms with Gasteiger partial charge in [0.2, 0.25) is 5.82 Å². The molecule has 1 aromatic heterocycles. The molecule has 0 aliphatic rings. The standard InChI is InChI=1S/C18H18F3N3O/c1-12-5-7-13(8-6-12)11-22-9-10-25-15-4-2-3-14-16(15)24-17(23-14)18(19,20)21/h2-8,22H,9-11H2,1H3,(H,23,24). The van der Waals surface area contributed by atoms with Crippen molar-refractivity contribution in [1.82, 2.24) is 15.3 Å². The maximum Gasteiger partial charge on any atom is 0.449 e. The van der Waals surface area contributed by atoms with Gasteiger partial charge in [-0.15, -0.1) is 0 Å². The normalized spacial score (nSPS) is 11.8. The number of hydrogen-bond donors (Lipinski definition) is 2. The van der Waals surface area contributed by atoms with E-state index in [1.54, 1.807) is 18.2 Å². The van der Waals surface area contributed by atoms with Gasteiger partial charge in [-0.05, 0) is 24.6 Å². The molecule has 0 atom stereocenters. The van der Waals surface area contributed by atoms with Crippen molar-refractivity contribution in [3.05, 3.63) is 59.4 Å². The minimum atomic E-state index is -4.51. The Bertz CT molecular complexity index is 841. The van der Waals surface area contributed by atoms with Crippen LogP contribution >= 0.6 is 0 Å². The number of hydrogen-bond acceptors (Lipinski definition) is 3. The van der Waals surface area contributed by atoms with E-state index in [-0.39, 0.29) is 5.52 Å². The molecule has 0 saturated carbocycles. The quantitative estimate of drug-likeness (QED) is 0.660. The van der Waals surface area contributed by atoms with Gasteiger partial charge in [-0.25, -0.2) is 4.98 Å². The summed E-state index contributed by atoms with van der Waals surface area (Å²) in [6, 6.07) is 13.0. The number of imidazole rings is 1. The van der Waals surface area contributed by atoms with Crippen molar-refractivity contribution in [2.45, 2.75) is 19.6 Å². The zero-order valence-corrected chi connectivity index (χ0v) is 13.7. The number of para-hydroxylation sites is 1. The minimum absolute atomic E-state index is 0.188. The van der Waals surface area contributed by atoms with E-state index in [4.69, 9.17) is 4.74 Å². The maximum atomic E-state index is 12.8. The maximum absolute atomic E-state index is 12.8. The summed E-state index contributed by atoms with van der Waals surface area (Å²) in [6.45, 7) is 3.64. The Morgan fingerprint density at radius 1 is 1.12 bits per heavy atom. The Kier molecular flexibility index (Phi) is 4.94. The third-order valence-electron chi connectivity index (χ3n) is 3.73. The Morgan fingerprint density at radius 3 is 2.60 bits per heavy atom. The summed E-state index contributed by atoms with van der Waals surface area (Å²) in [6.07, 6.45) is -4.51. The first kappa shape index (κ1) is 17.3. The van der Waals surface area contributed by atoms with Crippen LogP contribution in [-0.4, -0.2) is 23.1 Å². The molecular formula is C18H18F3N3O. The fourth-order valence-corrected chi connectivity index (χ4v) is 2.43. The summed E-state index contributed by atoms with van der Waals surface area (Å²) in [5, 5.41) is 3.24. The number of halogens is 3. The molecule has 0 fully saturated rings. The average molecular weight is 349 g/mol. The number of nitrogens with one attached hydrogen (secondary N) is 2. The second-order valence-electron chi connectivity index (χ2n) is 5.75.